The predicted octanol–water partition coefficient (Wildman–Crippen LogP) is 2.23. The highest BCUT2D eigenvalue weighted by atomic mass is 16.5. The van der Waals surface area contributed by atoms with Gasteiger partial charge in [0, 0.05) is 26.2 Å². The highest BCUT2D eigenvalue weighted by Gasteiger charge is 2.79. The smallest absolute Gasteiger partial charge is 0.248 e. The molecule has 0 aromatic rings. The van der Waals surface area contributed by atoms with E-state index in [9.17, 15) is 19.5 Å². The highest BCUT2D eigenvalue weighted by Crippen LogP contribution is 2.65. The van der Waals surface area contributed by atoms with E-state index in [2.05, 4.69) is 13.2 Å². The van der Waals surface area contributed by atoms with Gasteiger partial charge in [0.15, 0.2) is 0 Å². The van der Waals surface area contributed by atoms with Gasteiger partial charge in [0.2, 0.25) is 17.7 Å². The summed E-state index contributed by atoms with van der Waals surface area (Å²) in [6, 6.07) is -1.58. The van der Waals surface area contributed by atoms with Crippen LogP contribution in [0.2, 0.25) is 0 Å². The third kappa shape index (κ3) is 4.02. The van der Waals surface area contributed by atoms with Gasteiger partial charge in [-0.25, -0.2) is 0 Å². The first-order valence-electron chi connectivity index (χ1n) is 12.9. The van der Waals surface area contributed by atoms with Crippen LogP contribution in [0.15, 0.2) is 25.3 Å². The largest absolute Gasteiger partial charge is 0.394 e. The van der Waals surface area contributed by atoms with E-state index in [1.54, 1.807) is 33.9 Å². The van der Waals surface area contributed by atoms with Crippen molar-refractivity contribution in [2.75, 3.05) is 26.7 Å². The quantitative estimate of drug-likeness (QED) is 0.450. The molecular weight excluding hydrogens is 446 g/mol. The van der Waals surface area contributed by atoms with Crippen LogP contribution in [-0.4, -0.2) is 93.6 Å². The SMILES string of the molecule is C=CCN(C)C(=O)[C@H]1[C@H]2C(=O)N([C@@H](CO)C(C)C)C(C(=O)N(CC=C)C(C)C)C23CC[C@]1(CC)O3. The number of rotatable bonds is 11. The molecule has 8 heteroatoms. The summed E-state index contributed by atoms with van der Waals surface area (Å²) >= 11 is 0. The Labute approximate surface area is 210 Å². The van der Waals surface area contributed by atoms with Crippen molar-refractivity contribution in [1.82, 2.24) is 14.7 Å². The molecule has 0 aliphatic carbocycles. The van der Waals surface area contributed by atoms with Crippen LogP contribution in [0, 0.1) is 17.8 Å². The number of carbonyl (C=O) groups is 3. The first-order chi connectivity index (χ1) is 16.5. The Balaban J connectivity index is 2.20. The van der Waals surface area contributed by atoms with Crippen LogP contribution in [0.4, 0.5) is 0 Å². The number of hydrogen-bond acceptors (Lipinski definition) is 5. The van der Waals surface area contributed by atoms with E-state index in [1.807, 2.05) is 34.6 Å². The van der Waals surface area contributed by atoms with E-state index < -0.39 is 35.1 Å². The summed E-state index contributed by atoms with van der Waals surface area (Å²) < 4.78 is 6.81. The summed E-state index contributed by atoms with van der Waals surface area (Å²) in [7, 11) is 1.71. The van der Waals surface area contributed by atoms with Gasteiger partial charge in [-0.3, -0.25) is 14.4 Å². The van der Waals surface area contributed by atoms with Gasteiger partial charge in [0.25, 0.3) is 0 Å². The van der Waals surface area contributed by atoms with Crippen LogP contribution in [0.3, 0.4) is 0 Å². The first-order valence-corrected chi connectivity index (χ1v) is 12.9. The van der Waals surface area contributed by atoms with E-state index in [-0.39, 0.29) is 36.3 Å². The molecule has 3 fully saturated rings. The molecule has 3 rings (SSSR count). The second-order valence-electron chi connectivity index (χ2n) is 11.0. The molecule has 6 atom stereocenters. The van der Waals surface area contributed by atoms with Gasteiger partial charge in [-0.15, -0.1) is 13.2 Å². The molecule has 1 spiro atoms. The molecule has 3 aliphatic heterocycles. The number of ether oxygens (including phenoxy) is 1. The van der Waals surface area contributed by atoms with Crippen LogP contribution in [-0.2, 0) is 19.1 Å². The zero-order valence-electron chi connectivity index (χ0n) is 22.2. The lowest BCUT2D eigenvalue weighted by Crippen LogP contribution is -2.60. The van der Waals surface area contributed by atoms with Crippen molar-refractivity contribution >= 4 is 17.7 Å². The molecule has 0 aromatic carbocycles. The molecule has 3 saturated heterocycles. The molecule has 2 unspecified atom stereocenters. The average molecular weight is 490 g/mol. The molecule has 8 nitrogen and oxygen atoms in total. The highest BCUT2D eigenvalue weighted by molar-refractivity contribution is 5.99. The van der Waals surface area contributed by atoms with Gasteiger partial charge in [-0.05, 0) is 39.0 Å². The number of likely N-dealkylation sites (N-methyl/N-ethyl adjacent to an activating group) is 1. The first kappa shape index (κ1) is 27.4. The molecule has 3 amide bonds. The van der Waals surface area contributed by atoms with Gasteiger partial charge in [0.05, 0.1) is 30.1 Å². The van der Waals surface area contributed by atoms with Gasteiger partial charge < -0.3 is 24.5 Å². The van der Waals surface area contributed by atoms with Crippen molar-refractivity contribution < 1.29 is 24.2 Å². The number of nitrogens with zero attached hydrogens (tertiary/aromatic N) is 3. The normalized spacial score (nSPS) is 32.2. The maximum Gasteiger partial charge on any atom is 0.248 e. The zero-order valence-corrected chi connectivity index (χ0v) is 22.2. The molecule has 3 aliphatic rings. The van der Waals surface area contributed by atoms with E-state index in [1.165, 1.54) is 0 Å². The lowest BCUT2D eigenvalue weighted by molar-refractivity contribution is -0.159. The number of carbonyl (C=O) groups excluding carboxylic acids is 3. The maximum atomic E-state index is 14.2. The fourth-order valence-corrected chi connectivity index (χ4v) is 6.66. The molecule has 0 radical (unpaired) electrons. The van der Waals surface area contributed by atoms with Gasteiger partial charge >= 0.3 is 0 Å². The molecule has 1 N–H and O–H groups in total. The summed E-state index contributed by atoms with van der Waals surface area (Å²) in [5.41, 5.74) is -1.89. The van der Waals surface area contributed by atoms with Crippen molar-refractivity contribution in [2.45, 2.75) is 83.2 Å². The Hall–Kier alpha value is -2.19. The minimum atomic E-state index is -1.10. The van der Waals surface area contributed by atoms with Crippen LogP contribution in [0.1, 0.15) is 53.9 Å². The minimum absolute atomic E-state index is 0.0868. The molecule has 0 aromatic heterocycles. The summed E-state index contributed by atoms with van der Waals surface area (Å²) in [5, 5.41) is 10.3. The Kier molecular flexibility index (Phi) is 7.87. The molecule has 35 heavy (non-hydrogen) atoms. The number of fused-ring (bicyclic) bond motifs is 1. The summed E-state index contributed by atoms with van der Waals surface area (Å²) in [5.74, 6) is -2.17. The van der Waals surface area contributed by atoms with Crippen molar-refractivity contribution in [2.24, 2.45) is 17.8 Å². The van der Waals surface area contributed by atoms with Gasteiger partial charge in [-0.2, -0.15) is 0 Å². The Bertz CT molecular complexity index is 873. The second-order valence-corrected chi connectivity index (χ2v) is 11.0. The standard InChI is InChI=1S/C27H43N3O5/c1-9-14-28(8)23(32)20-21-24(33)30(19(16-31)17(4)5)22(25(34)29(15-10-2)18(6)7)27(21)13-12-26(20,11-3)35-27/h9-10,17-22,31H,1-2,11-16H2,3-8H3/t19-,20+,21-,22?,26-,27?/m0/s1. The summed E-state index contributed by atoms with van der Waals surface area (Å²) in [6.07, 6.45) is 5.04. The van der Waals surface area contributed by atoms with Crippen LogP contribution in [0.25, 0.3) is 0 Å². The zero-order chi connectivity index (χ0) is 26.3. The fraction of sp³-hybridized carbons (Fsp3) is 0.741. The Morgan fingerprint density at radius 2 is 1.80 bits per heavy atom. The number of aliphatic hydroxyl groups is 1. The van der Waals surface area contributed by atoms with Crippen molar-refractivity contribution in [3.63, 3.8) is 0 Å². The number of aliphatic hydroxyl groups excluding tert-OH is 1. The topological polar surface area (TPSA) is 90.4 Å². The number of likely N-dealkylation sites (tertiary alicyclic amines) is 1. The Morgan fingerprint density at radius 3 is 2.29 bits per heavy atom. The fourth-order valence-electron chi connectivity index (χ4n) is 6.66. The molecule has 196 valence electrons. The molecule has 0 saturated carbocycles. The van der Waals surface area contributed by atoms with E-state index >= 15 is 0 Å². The average Bonchev–Trinajstić information content (AvgIpc) is 3.41. The minimum Gasteiger partial charge on any atom is -0.394 e. The lowest BCUT2D eigenvalue weighted by atomic mass is 9.64. The van der Waals surface area contributed by atoms with E-state index in [0.717, 1.165) is 0 Å². The van der Waals surface area contributed by atoms with Gasteiger partial charge in [-0.1, -0.05) is 32.9 Å². The lowest BCUT2D eigenvalue weighted by Gasteiger charge is -2.41. The van der Waals surface area contributed by atoms with Crippen LogP contribution in [0.5, 0.6) is 0 Å². The monoisotopic (exact) mass is 489 g/mol. The van der Waals surface area contributed by atoms with Crippen molar-refractivity contribution in [3.8, 4) is 0 Å². The molecule has 3 heterocycles. The maximum absolute atomic E-state index is 14.2. The predicted molar refractivity (Wildman–Crippen MR) is 134 cm³/mol. The van der Waals surface area contributed by atoms with E-state index in [0.29, 0.717) is 32.4 Å². The number of hydrogen-bond donors (Lipinski definition) is 1. The molecule has 2 bridgehead atoms. The second kappa shape index (κ2) is 10.1. The van der Waals surface area contributed by atoms with Crippen molar-refractivity contribution in [3.05, 3.63) is 25.3 Å². The van der Waals surface area contributed by atoms with Crippen LogP contribution >= 0.6 is 0 Å². The summed E-state index contributed by atoms with van der Waals surface area (Å²) in [4.78, 5) is 47.1. The molecular formula is C27H43N3O5. The summed E-state index contributed by atoms with van der Waals surface area (Å²) in [6.45, 7) is 17.7. The van der Waals surface area contributed by atoms with Crippen LogP contribution < -0.4 is 0 Å². The third-order valence-electron chi connectivity index (χ3n) is 8.44. The van der Waals surface area contributed by atoms with E-state index in [4.69, 9.17) is 4.74 Å². The number of amides is 3. The van der Waals surface area contributed by atoms with Crippen molar-refractivity contribution in [1.29, 1.82) is 0 Å². The Morgan fingerprint density at radius 1 is 1.17 bits per heavy atom. The van der Waals surface area contributed by atoms with Gasteiger partial charge in [0.1, 0.15) is 11.6 Å². The third-order valence-corrected chi connectivity index (χ3v) is 8.44.